The van der Waals surface area contributed by atoms with Gasteiger partial charge in [0, 0.05) is 23.4 Å². The van der Waals surface area contributed by atoms with Gasteiger partial charge in [-0.15, -0.1) is 0 Å². The number of aromatic nitrogens is 2. The zero-order valence-corrected chi connectivity index (χ0v) is 14.0. The van der Waals surface area contributed by atoms with Gasteiger partial charge in [-0.25, -0.2) is 18.4 Å². The average molecular weight is 346 g/mol. The molecule has 0 saturated carbocycles. The third-order valence-electron chi connectivity index (χ3n) is 3.82. The first-order chi connectivity index (χ1) is 11.4. The van der Waals surface area contributed by atoms with Gasteiger partial charge in [0.25, 0.3) is 0 Å². The predicted octanol–water partition coefficient (Wildman–Crippen LogP) is 2.02. The molecule has 1 aromatic heterocycles. The van der Waals surface area contributed by atoms with Crippen molar-refractivity contribution in [3.8, 4) is 0 Å². The van der Waals surface area contributed by atoms with Crippen LogP contribution >= 0.6 is 0 Å². The zero-order chi connectivity index (χ0) is 17.2. The van der Waals surface area contributed by atoms with Crippen LogP contribution in [-0.2, 0) is 9.84 Å². The molecule has 8 heteroatoms. The molecule has 1 aliphatic rings. The lowest BCUT2D eigenvalue weighted by atomic mass is 10.1. The van der Waals surface area contributed by atoms with Crippen LogP contribution < -0.4 is 10.6 Å². The number of sulfone groups is 1. The molecule has 1 fully saturated rings. The van der Waals surface area contributed by atoms with E-state index in [1.807, 2.05) is 0 Å². The smallest absolute Gasteiger partial charge is 0.159 e. The first-order valence-electron chi connectivity index (χ1n) is 7.58. The van der Waals surface area contributed by atoms with E-state index >= 15 is 0 Å². The first kappa shape index (κ1) is 16.4. The lowest BCUT2D eigenvalue weighted by Crippen LogP contribution is -2.21. The Balaban J connectivity index is 1.68. The summed E-state index contributed by atoms with van der Waals surface area (Å²) in [4.78, 5) is 19.6. The van der Waals surface area contributed by atoms with Crippen LogP contribution in [0.15, 0.2) is 36.7 Å². The third kappa shape index (κ3) is 4.08. The molecule has 1 atom stereocenters. The molecule has 1 aromatic carbocycles. The van der Waals surface area contributed by atoms with Crippen LogP contribution in [0, 0.1) is 0 Å². The van der Waals surface area contributed by atoms with Gasteiger partial charge in [0.05, 0.1) is 11.5 Å². The minimum absolute atomic E-state index is 0.0154. The zero-order valence-electron chi connectivity index (χ0n) is 13.2. The molecule has 24 heavy (non-hydrogen) atoms. The number of benzene rings is 1. The fraction of sp³-hybridized carbons (Fsp3) is 0.312. The van der Waals surface area contributed by atoms with Crippen LogP contribution in [0.1, 0.15) is 23.7 Å². The number of hydrogen-bond acceptors (Lipinski definition) is 7. The maximum Gasteiger partial charge on any atom is 0.159 e. The van der Waals surface area contributed by atoms with Gasteiger partial charge in [-0.3, -0.25) is 4.79 Å². The fourth-order valence-electron chi connectivity index (χ4n) is 2.56. The van der Waals surface area contributed by atoms with Gasteiger partial charge in [-0.2, -0.15) is 0 Å². The number of hydrogen-bond donors (Lipinski definition) is 2. The Morgan fingerprint density at radius 3 is 2.50 bits per heavy atom. The van der Waals surface area contributed by atoms with Crippen molar-refractivity contribution in [3.05, 3.63) is 42.2 Å². The second-order valence-electron chi connectivity index (χ2n) is 5.79. The van der Waals surface area contributed by atoms with Crippen LogP contribution in [0.3, 0.4) is 0 Å². The summed E-state index contributed by atoms with van der Waals surface area (Å²) in [6.45, 7) is 1.52. The summed E-state index contributed by atoms with van der Waals surface area (Å²) in [5.41, 5.74) is 1.45. The summed E-state index contributed by atoms with van der Waals surface area (Å²) >= 11 is 0. The van der Waals surface area contributed by atoms with Gasteiger partial charge < -0.3 is 10.6 Å². The van der Waals surface area contributed by atoms with Crippen molar-refractivity contribution in [1.82, 2.24) is 9.97 Å². The highest BCUT2D eigenvalue weighted by atomic mass is 32.2. The number of nitrogens with zero attached hydrogens (tertiary/aromatic N) is 2. The van der Waals surface area contributed by atoms with E-state index in [9.17, 15) is 13.2 Å². The Hall–Kier alpha value is -2.48. The number of Topliss-reactive ketones (excluding diaryl/α,β-unsaturated/α-hetero) is 1. The van der Waals surface area contributed by atoms with Gasteiger partial charge >= 0.3 is 0 Å². The second-order valence-corrected chi connectivity index (χ2v) is 8.02. The highest BCUT2D eigenvalue weighted by Crippen LogP contribution is 2.20. The predicted molar refractivity (Wildman–Crippen MR) is 92.4 cm³/mol. The number of carbonyl (C=O) groups is 1. The minimum atomic E-state index is -2.93. The van der Waals surface area contributed by atoms with E-state index < -0.39 is 9.84 Å². The molecule has 2 heterocycles. The van der Waals surface area contributed by atoms with E-state index in [-0.39, 0.29) is 23.3 Å². The number of rotatable bonds is 5. The van der Waals surface area contributed by atoms with E-state index in [0.29, 0.717) is 23.6 Å². The highest BCUT2D eigenvalue weighted by molar-refractivity contribution is 7.91. The van der Waals surface area contributed by atoms with Crippen molar-refractivity contribution in [2.75, 3.05) is 22.1 Å². The summed E-state index contributed by atoms with van der Waals surface area (Å²) in [5.74, 6) is 1.52. The molecule has 2 N–H and O–H groups in total. The Labute approximate surface area is 140 Å². The topological polar surface area (TPSA) is 101 Å². The molecule has 1 saturated heterocycles. The number of nitrogens with one attached hydrogen (secondary N) is 2. The summed E-state index contributed by atoms with van der Waals surface area (Å²) in [6, 6.07) is 8.70. The molecule has 0 radical (unpaired) electrons. The lowest BCUT2D eigenvalue weighted by molar-refractivity contribution is 0.101. The van der Waals surface area contributed by atoms with E-state index in [4.69, 9.17) is 0 Å². The van der Waals surface area contributed by atoms with Crippen LogP contribution in [0.25, 0.3) is 0 Å². The van der Waals surface area contributed by atoms with E-state index in [2.05, 4.69) is 20.6 Å². The first-order valence-corrected chi connectivity index (χ1v) is 9.40. The van der Waals surface area contributed by atoms with Gasteiger partial charge in [-0.05, 0) is 37.6 Å². The normalized spacial score (nSPS) is 19.0. The standard InChI is InChI=1S/C16H18N4O3S/c1-11(21)12-2-4-13(5-3-12)19-15-8-16(18-10-17-15)20-14-6-7-24(22,23)9-14/h2-5,8,10,14H,6-7,9H2,1H3,(H2,17,18,19,20). The molecule has 2 aromatic rings. The molecule has 1 unspecified atom stereocenters. The molecular weight excluding hydrogens is 328 g/mol. The Morgan fingerprint density at radius 2 is 1.88 bits per heavy atom. The Kier molecular flexibility index (Phi) is 4.48. The SMILES string of the molecule is CC(=O)c1ccc(Nc2cc(NC3CCS(=O)(=O)C3)ncn2)cc1. The van der Waals surface area contributed by atoms with Crippen molar-refractivity contribution in [3.63, 3.8) is 0 Å². The summed E-state index contributed by atoms with van der Waals surface area (Å²) in [5, 5.41) is 6.26. The molecular formula is C16H18N4O3S. The quantitative estimate of drug-likeness (QED) is 0.799. The van der Waals surface area contributed by atoms with Crippen molar-refractivity contribution >= 4 is 32.9 Å². The summed E-state index contributed by atoms with van der Waals surface area (Å²) < 4.78 is 23.0. The second kappa shape index (κ2) is 6.56. The molecule has 3 rings (SSSR count). The number of ketones is 1. The maximum atomic E-state index is 11.5. The molecule has 0 spiro atoms. The number of anilines is 3. The van der Waals surface area contributed by atoms with Crippen molar-refractivity contribution < 1.29 is 13.2 Å². The van der Waals surface area contributed by atoms with Crippen molar-refractivity contribution in [1.29, 1.82) is 0 Å². The molecule has 7 nitrogen and oxygen atoms in total. The van der Waals surface area contributed by atoms with Gasteiger partial charge in [0.1, 0.15) is 18.0 Å². The van der Waals surface area contributed by atoms with Gasteiger partial charge in [0.2, 0.25) is 0 Å². The Bertz CT molecular complexity index is 850. The van der Waals surface area contributed by atoms with E-state index in [1.54, 1.807) is 30.3 Å². The van der Waals surface area contributed by atoms with Crippen LogP contribution in [-0.4, -0.2) is 41.7 Å². The van der Waals surface area contributed by atoms with E-state index in [0.717, 1.165) is 5.69 Å². The monoisotopic (exact) mass is 346 g/mol. The average Bonchev–Trinajstić information content (AvgIpc) is 2.87. The third-order valence-corrected chi connectivity index (χ3v) is 5.58. The lowest BCUT2D eigenvalue weighted by Gasteiger charge is -2.12. The maximum absolute atomic E-state index is 11.5. The van der Waals surface area contributed by atoms with Crippen molar-refractivity contribution in [2.45, 2.75) is 19.4 Å². The highest BCUT2D eigenvalue weighted by Gasteiger charge is 2.27. The molecule has 1 aliphatic heterocycles. The van der Waals surface area contributed by atoms with Crippen LogP contribution in [0.5, 0.6) is 0 Å². The van der Waals surface area contributed by atoms with Crippen LogP contribution in [0.2, 0.25) is 0 Å². The van der Waals surface area contributed by atoms with Gasteiger partial charge in [-0.1, -0.05) is 0 Å². The molecule has 126 valence electrons. The fourth-order valence-corrected chi connectivity index (χ4v) is 4.23. The van der Waals surface area contributed by atoms with Gasteiger partial charge in [0.15, 0.2) is 15.6 Å². The van der Waals surface area contributed by atoms with E-state index in [1.165, 1.54) is 13.3 Å². The minimum Gasteiger partial charge on any atom is -0.366 e. The van der Waals surface area contributed by atoms with Crippen LogP contribution in [0.4, 0.5) is 17.3 Å². The molecule has 0 amide bonds. The largest absolute Gasteiger partial charge is 0.366 e. The van der Waals surface area contributed by atoms with Crippen molar-refractivity contribution in [2.24, 2.45) is 0 Å². The number of carbonyl (C=O) groups excluding carboxylic acids is 1. The Morgan fingerprint density at radius 1 is 1.17 bits per heavy atom. The molecule has 0 bridgehead atoms. The summed E-state index contributed by atoms with van der Waals surface area (Å²) in [6.07, 6.45) is 2.00. The summed E-state index contributed by atoms with van der Waals surface area (Å²) in [7, 11) is -2.93. The molecule has 0 aliphatic carbocycles.